The van der Waals surface area contributed by atoms with Crippen molar-refractivity contribution in [3.05, 3.63) is 46.0 Å². The van der Waals surface area contributed by atoms with Gasteiger partial charge in [-0.2, -0.15) is 5.26 Å². The SMILES string of the molecule is CCSC1=C(C#N)[C@H](c2ccccc2C)[C@H](C(=O)OC)C(=O)N1. The molecule has 0 spiro atoms. The molecule has 0 bridgehead atoms. The van der Waals surface area contributed by atoms with Crippen LogP contribution in [0.2, 0.25) is 0 Å². The first-order valence-electron chi connectivity index (χ1n) is 7.26. The summed E-state index contributed by atoms with van der Waals surface area (Å²) >= 11 is 1.39. The number of benzene rings is 1. The van der Waals surface area contributed by atoms with Gasteiger partial charge < -0.3 is 10.1 Å². The standard InChI is InChI=1S/C17H18N2O3S/c1-4-23-16-12(9-18)13(11-8-6-5-7-10(11)2)14(15(20)19-16)17(21)22-3/h5-8,13-14H,4H2,1-3H3,(H,19,20)/t13-,14-/m0/s1. The Bertz CT molecular complexity index is 706. The summed E-state index contributed by atoms with van der Waals surface area (Å²) < 4.78 is 4.80. The predicted molar refractivity (Wildman–Crippen MR) is 88.3 cm³/mol. The van der Waals surface area contributed by atoms with E-state index in [1.54, 1.807) is 0 Å². The largest absolute Gasteiger partial charge is 0.468 e. The summed E-state index contributed by atoms with van der Waals surface area (Å²) in [7, 11) is 1.25. The van der Waals surface area contributed by atoms with E-state index in [1.165, 1.54) is 18.9 Å². The fourth-order valence-electron chi connectivity index (χ4n) is 2.74. The average molecular weight is 330 g/mol. The Kier molecular flexibility index (Phi) is 5.45. The predicted octanol–water partition coefficient (Wildman–Crippen LogP) is 2.49. The minimum Gasteiger partial charge on any atom is -0.468 e. The Morgan fingerprint density at radius 2 is 2.13 bits per heavy atom. The molecule has 1 amide bonds. The number of esters is 1. The Balaban J connectivity index is 2.67. The van der Waals surface area contributed by atoms with E-state index < -0.39 is 23.7 Å². The Labute approximate surface area is 139 Å². The summed E-state index contributed by atoms with van der Waals surface area (Å²) in [6.45, 7) is 3.84. The summed E-state index contributed by atoms with van der Waals surface area (Å²) in [4.78, 5) is 24.6. The molecule has 5 nitrogen and oxygen atoms in total. The van der Waals surface area contributed by atoms with Crippen molar-refractivity contribution in [3.63, 3.8) is 0 Å². The van der Waals surface area contributed by atoms with Crippen LogP contribution in [0.25, 0.3) is 0 Å². The van der Waals surface area contributed by atoms with Gasteiger partial charge in [0.2, 0.25) is 5.91 Å². The van der Waals surface area contributed by atoms with Gasteiger partial charge in [0.15, 0.2) is 0 Å². The van der Waals surface area contributed by atoms with Crippen molar-refractivity contribution in [2.75, 3.05) is 12.9 Å². The maximum absolute atomic E-state index is 12.5. The van der Waals surface area contributed by atoms with Crippen molar-refractivity contribution < 1.29 is 14.3 Å². The summed E-state index contributed by atoms with van der Waals surface area (Å²) in [6, 6.07) is 9.65. The number of methoxy groups -OCH3 is 1. The van der Waals surface area contributed by atoms with Gasteiger partial charge in [-0.05, 0) is 23.8 Å². The summed E-state index contributed by atoms with van der Waals surface area (Å²) in [5, 5.41) is 12.8. The smallest absolute Gasteiger partial charge is 0.319 e. The molecule has 2 rings (SSSR count). The molecule has 0 radical (unpaired) electrons. The lowest BCUT2D eigenvalue weighted by molar-refractivity contribution is -0.150. The van der Waals surface area contributed by atoms with Crippen LogP contribution in [0.15, 0.2) is 34.9 Å². The Hall–Kier alpha value is -2.26. The molecule has 2 atom stereocenters. The van der Waals surface area contributed by atoms with Crippen LogP contribution in [0.1, 0.15) is 24.0 Å². The minimum atomic E-state index is -1.06. The second-order valence-corrected chi connectivity index (χ2v) is 6.39. The monoisotopic (exact) mass is 330 g/mol. The van der Waals surface area contributed by atoms with Gasteiger partial charge in [0, 0.05) is 5.92 Å². The number of aryl methyl sites for hydroxylation is 1. The number of thioether (sulfide) groups is 1. The van der Waals surface area contributed by atoms with Crippen molar-refractivity contribution in [1.29, 1.82) is 5.26 Å². The first-order chi connectivity index (χ1) is 11.0. The number of nitrogens with zero attached hydrogens (tertiary/aromatic N) is 1. The van der Waals surface area contributed by atoms with Crippen molar-refractivity contribution in [1.82, 2.24) is 5.32 Å². The van der Waals surface area contributed by atoms with Crippen LogP contribution in [-0.4, -0.2) is 24.7 Å². The van der Waals surface area contributed by atoms with Gasteiger partial charge in [0.05, 0.1) is 23.8 Å². The average Bonchev–Trinajstić information content (AvgIpc) is 2.54. The van der Waals surface area contributed by atoms with Gasteiger partial charge in [0.25, 0.3) is 0 Å². The van der Waals surface area contributed by atoms with Crippen LogP contribution in [0.4, 0.5) is 0 Å². The lowest BCUT2D eigenvalue weighted by atomic mass is 9.77. The van der Waals surface area contributed by atoms with Crippen LogP contribution < -0.4 is 5.32 Å². The van der Waals surface area contributed by atoms with Crippen LogP contribution in [-0.2, 0) is 14.3 Å². The van der Waals surface area contributed by atoms with Crippen molar-refractivity contribution in [2.45, 2.75) is 19.8 Å². The lowest BCUT2D eigenvalue weighted by Gasteiger charge is -2.31. The maximum atomic E-state index is 12.5. The summed E-state index contributed by atoms with van der Waals surface area (Å²) in [6.07, 6.45) is 0. The zero-order valence-electron chi connectivity index (χ0n) is 13.3. The topological polar surface area (TPSA) is 79.2 Å². The van der Waals surface area contributed by atoms with E-state index in [2.05, 4.69) is 11.4 Å². The Morgan fingerprint density at radius 1 is 1.43 bits per heavy atom. The molecule has 0 aromatic heterocycles. The highest BCUT2D eigenvalue weighted by molar-refractivity contribution is 8.03. The van der Waals surface area contributed by atoms with Gasteiger partial charge in [-0.25, -0.2) is 0 Å². The second kappa shape index (κ2) is 7.34. The summed E-state index contributed by atoms with van der Waals surface area (Å²) in [5.41, 5.74) is 2.12. The number of rotatable bonds is 4. The number of hydrogen-bond acceptors (Lipinski definition) is 5. The molecule has 6 heteroatoms. The molecule has 1 aromatic rings. The molecule has 1 aliphatic heterocycles. The summed E-state index contributed by atoms with van der Waals surface area (Å²) in [5.74, 6) is -2.04. The van der Waals surface area contributed by atoms with E-state index in [-0.39, 0.29) is 0 Å². The fourth-order valence-corrected chi connectivity index (χ4v) is 3.53. The highest BCUT2D eigenvalue weighted by Crippen LogP contribution is 2.41. The van der Waals surface area contributed by atoms with E-state index >= 15 is 0 Å². The molecule has 23 heavy (non-hydrogen) atoms. The van der Waals surface area contributed by atoms with Gasteiger partial charge in [-0.3, -0.25) is 9.59 Å². The van der Waals surface area contributed by atoms with Crippen LogP contribution in [0, 0.1) is 24.2 Å². The van der Waals surface area contributed by atoms with Crippen LogP contribution in [0.3, 0.4) is 0 Å². The van der Waals surface area contributed by atoms with Crippen molar-refractivity contribution >= 4 is 23.6 Å². The molecular weight excluding hydrogens is 312 g/mol. The molecule has 0 fully saturated rings. The number of ether oxygens (including phenoxy) is 1. The molecule has 0 saturated carbocycles. The zero-order valence-corrected chi connectivity index (χ0v) is 14.1. The maximum Gasteiger partial charge on any atom is 0.319 e. The fraction of sp³-hybridized carbons (Fsp3) is 0.353. The third-order valence-electron chi connectivity index (χ3n) is 3.80. The molecule has 0 aliphatic carbocycles. The molecule has 1 heterocycles. The van der Waals surface area contributed by atoms with Crippen molar-refractivity contribution in [2.24, 2.45) is 5.92 Å². The highest BCUT2D eigenvalue weighted by Gasteiger charge is 2.44. The van der Waals surface area contributed by atoms with E-state index in [4.69, 9.17) is 4.74 Å². The lowest BCUT2D eigenvalue weighted by Crippen LogP contribution is -2.44. The third-order valence-corrected chi connectivity index (χ3v) is 4.70. The van der Waals surface area contributed by atoms with Gasteiger partial charge in [0.1, 0.15) is 5.92 Å². The first-order valence-corrected chi connectivity index (χ1v) is 8.25. The Morgan fingerprint density at radius 3 is 2.70 bits per heavy atom. The van der Waals surface area contributed by atoms with Gasteiger partial charge in [-0.15, -0.1) is 11.8 Å². The third kappa shape index (κ3) is 3.25. The first kappa shape index (κ1) is 17.1. The van der Waals surface area contributed by atoms with Crippen molar-refractivity contribution in [3.8, 4) is 6.07 Å². The molecule has 0 unspecified atom stereocenters. The molecular formula is C17H18N2O3S. The minimum absolute atomic E-state index is 0.404. The number of amides is 1. The molecule has 1 N–H and O–H groups in total. The quantitative estimate of drug-likeness (QED) is 0.678. The number of allylic oxidation sites excluding steroid dienone is 1. The second-order valence-electron chi connectivity index (χ2n) is 5.11. The molecule has 120 valence electrons. The number of nitriles is 1. The van der Waals surface area contributed by atoms with Gasteiger partial charge >= 0.3 is 5.97 Å². The van der Waals surface area contributed by atoms with Gasteiger partial charge in [-0.1, -0.05) is 31.2 Å². The van der Waals surface area contributed by atoms with E-state index in [9.17, 15) is 14.9 Å². The highest BCUT2D eigenvalue weighted by atomic mass is 32.2. The molecule has 1 aromatic carbocycles. The number of nitrogens with one attached hydrogen (secondary N) is 1. The van der Waals surface area contributed by atoms with E-state index in [1.807, 2.05) is 38.1 Å². The number of hydrogen-bond donors (Lipinski definition) is 1. The number of carbonyl (C=O) groups excluding carboxylic acids is 2. The molecule has 0 saturated heterocycles. The molecule has 1 aliphatic rings. The zero-order chi connectivity index (χ0) is 17.0. The van der Waals surface area contributed by atoms with Crippen LogP contribution in [0.5, 0.6) is 0 Å². The number of carbonyl (C=O) groups is 2. The normalized spacial score (nSPS) is 20.7. The van der Waals surface area contributed by atoms with E-state index in [0.29, 0.717) is 16.4 Å². The van der Waals surface area contributed by atoms with Crippen LogP contribution >= 0.6 is 11.8 Å². The van der Waals surface area contributed by atoms with E-state index in [0.717, 1.165) is 11.1 Å².